The van der Waals surface area contributed by atoms with Gasteiger partial charge in [0, 0.05) is 36.2 Å². The van der Waals surface area contributed by atoms with Gasteiger partial charge in [-0.3, -0.25) is 0 Å². The third kappa shape index (κ3) is 2.75. The molecule has 1 N–H and O–H groups in total. The van der Waals surface area contributed by atoms with Gasteiger partial charge in [-0.15, -0.1) is 0 Å². The molecule has 0 spiro atoms. The van der Waals surface area contributed by atoms with Gasteiger partial charge >= 0.3 is 0 Å². The Labute approximate surface area is 110 Å². The van der Waals surface area contributed by atoms with Gasteiger partial charge in [-0.1, -0.05) is 26.0 Å². The fourth-order valence-electron chi connectivity index (χ4n) is 2.22. The van der Waals surface area contributed by atoms with Crippen molar-refractivity contribution in [2.75, 3.05) is 6.54 Å². The first-order valence-corrected chi connectivity index (χ1v) is 6.87. The first-order chi connectivity index (χ1) is 8.59. The number of fused-ring (bicyclic) bond motifs is 1. The molecule has 2 heteroatoms. The molecule has 1 heterocycles. The van der Waals surface area contributed by atoms with Gasteiger partial charge in [-0.05, 0) is 37.5 Å². The summed E-state index contributed by atoms with van der Waals surface area (Å²) in [5.74, 6) is 0.689. The van der Waals surface area contributed by atoms with E-state index in [0.29, 0.717) is 12.0 Å². The minimum Gasteiger partial charge on any atom is -0.346 e. The number of rotatable bonds is 5. The zero-order chi connectivity index (χ0) is 13.1. The Bertz CT molecular complexity index is 511. The number of hydrogen-bond acceptors (Lipinski definition) is 1. The molecule has 0 amide bonds. The van der Waals surface area contributed by atoms with E-state index < -0.39 is 0 Å². The van der Waals surface area contributed by atoms with Gasteiger partial charge in [0.15, 0.2) is 0 Å². The predicted molar refractivity (Wildman–Crippen MR) is 79.0 cm³/mol. The second kappa shape index (κ2) is 5.57. The Morgan fingerprint density at radius 1 is 1.17 bits per heavy atom. The highest BCUT2D eigenvalue weighted by Crippen LogP contribution is 2.19. The van der Waals surface area contributed by atoms with Crippen molar-refractivity contribution in [2.24, 2.45) is 5.92 Å². The number of aryl methyl sites for hydroxylation is 1. The fraction of sp³-hybridized carbons (Fsp3) is 0.500. The lowest BCUT2D eigenvalue weighted by molar-refractivity contribution is 0.418. The molecule has 0 aliphatic rings. The van der Waals surface area contributed by atoms with Gasteiger partial charge in [0.1, 0.15) is 0 Å². The van der Waals surface area contributed by atoms with Crippen LogP contribution < -0.4 is 5.32 Å². The zero-order valence-electron chi connectivity index (χ0n) is 11.9. The van der Waals surface area contributed by atoms with E-state index in [1.807, 2.05) is 0 Å². The highest BCUT2D eigenvalue weighted by atomic mass is 15.0. The van der Waals surface area contributed by atoms with Crippen molar-refractivity contribution < 1.29 is 0 Å². The Morgan fingerprint density at radius 2 is 1.94 bits per heavy atom. The van der Waals surface area contributed by atoms with Crippen LogP contribution in [0, 0.1) is 12.8 Å². The molecule has 0 saturated carbocycles. The van der Waals surface area contributed by atoms with Crippen molar-refractivity contribution >= 4 is 10.9 Å². The second-order valence-electron chi connectivity index (χ2n) is 5.50. The monoisotopic (exact) mass is 244 g/mol. The molecule has 0 aliphatic carbocycles. The molecule has 1 unspecified atom stereocenters. The molecule has 1 aromatic carbocycles. The highest BCUT2D eigenvalue weighted by Gasteiger charge is 2.06. The van der Waals surface area contributed by atoms with Gasteiger partial charge in [0.05, 0.1) is 0 Å². The molecule has 2 nitrogen and oxygen atoms in total. The molecule has 1 atom stereocenters. The zero-order valence-corrected chi connectivity index (χ0v) is 11.9. The Hall–Kier alpha value is -1.28. The Balaban J connectivity index is 2.02. The molecule has 2 aromatic rings. The second-order valence-corrected chi connectivity index (χ2v) is 5.50. The van der Waals surface area contributed by atoms with Gasteiger partial charge in [-0.2, -0.15) is 0 Å². The van der Waals surface area contributed by atoms with E-state index >= 15 is 0 Å². The third-order valence-corrected chi connectivity index (χ3v) is 3.85. The van der Waals surface area contributed by atoms with E-state index in [-0.39, 0.29) is 0 Å². The van der Waals surface area contributed by atoms with Crippen LogP contribution in [0.3, 0.4) is 0 Å². The van der Waals surface area contributed by atoms with Crippen LogP contribution in [0.1, 0.15) is 26.3 Å². The van der Waals surface area contributed by atoms with E-state index in [1.54, 1.807) is 0 Å². The molecular formula is C16H24N2. The van der Waals surface area contributed by atoms with Gasteiger partial charge in [0.25, 0.3) is 0 Å². The number of nitrogens with one attached hydrogen (secondary N) is 1. The van der Waals surface area contributed by atoms with Gasteiger partial charge in [-0.25, -0.2) is 0 Å². The lowest BCUT2D eigenvalue weighted by atomic mass is 10.1. The molecular weight excluding hydrogens is 220 g/mol. The first-order valence-electron chi connectivity index (χ1n) is 6.87. The van der Waals surface area contributed by atoms with Crippen molar-refractivity contribution in [1.82, 2.24) is 9.88 Å². The maximum absolute atomic E-state index is 3.58. The Morgan fingerprint density at radius 3 is 2.67 bits per heavy atom. The average Bonchev–Trinajstić information content (AvgIpc) is 2.74. The topological polar surface area (TPSA) is 17.0 Å². The summed E-state index contributed by atoms with van der Waals surface area (Å²) in [4.78, 5) is 0. The molecule has 18 heavy (non-hydrogen) atoms. The minimum atomic E-state index is 0.577. The van der Waals surface area contributed by atoms with Crippen LogP contribution >= 0.6 is 0 Å². The third-order valence-electron chi connectivity index (χ3n) is 3.85. The van der Waals surface area contributed by atoms with E-state index in [9.17, 15) is 0 Å². The van der Waals surface area contributed by atoms with E-state index in [0.717, 1.165) is 13.1 Å². The summed E-state index contributed by atoms with van der Waals surface area (Å²) < 4.78 is 2.34. The summed E-state index contributed by atoms with van der Waals surface area (Å²) in [6.07, 6.45) is 2.19. The highest BCUT2D eigenvalue weighted by molar-refractivity contribution is 5.83. The standard InChI is InChI=1S/C16H24N2/c1-12(2)14(4)17-9-11-18-10-8-15-13(3)6-5-7-16(15)18/h5-8,10,12,14,17H,9,11H2,1-4H3. The number of hydrogen-bond donors (Lipinski definition) is 1. The maximum Gasteiger partial charge on any atom is 0.0483 e. The normalized spacial score (nSPS) is 13.4. The number of nitrogens with zero attached hydrogens (tertiary/aromatic N) is 1. The largest absolute Gasteiger partial charge is 0.346 e. The average molecular weight is 244 g/mol. The van der Waals surface area contributed by atoms with Crippen LogP contribution in [-0.4, -0.2) is 17.2 Å². The van der Waals surface area contributed by atoms with Gasteiger partial charge < -0.3 is 9.88 Å². The minimum absolute atomic E-state index is 0.577. The van der Waals surface area contributed by atoms with Crippen molar-refractivity contribution in [1.29, 1.82) is 0 Å². The predicted octanol–water partition coefficient (Wildman–Crippen LogP) is 3.58. The van der Waals surface area contributed by atoms with Crippen LogP contribution in [0.4, 0.5) is 0 Å². The van der Waals surface area contributed by atoms with Crippen LogP contribution in [-0.2, 0) is 6.54 Å². The van der Waals surface area contributed by atoms with Crippen molar-refractivity contribution in [3.05, 3.63) is 36.0 Å². The van der Waals surface area contributed by atoms with Crippen molar-refractivity contribution in [3.63, 3.8) is 0 Å². The molecule has 0 aliphatic heterocycles. The number of benzene rings is 1. The van der Waals surface area contributed by atoms with E-state index in [4.69, 9.17) is 0 Å². The summed E-state index contributed by atoms with van der Waals surface area (Å²) in [5.41, 5.74) is 2.70. The lowest BCUT2D eigenvalue weighted by Gasteiger charge is -2.17. The summed E-state index contributed by atoms with van der Waals surface area (Å²) in [6, 6.07) is 9.31. The summed E-state index contributed by atoms with van der Waals surface area (Å²) in [5, 5.41) is 4.95. The molecule has 0 saturated heterocycles. The van der Waals surface area contributed by atoms with Crippen molar-refractivity contribution in [3.8, 4) is 0 Å². The number of aromatic nitrogens is 1. The van der Waals surface area contributed by atoms with Crippen LogP contribution in [0.25, 0.3) is 10.9 Å². The maximum atomic E-state index is 3.58. The Kier molecular flexibility index (Phi) is 4.07. The lowest BCUT2D eigenvalue weighted by Crippen LogP contribution is -2.33. The SMILES string of the molecule is Cc1cccc2c1ccn2CCNC(C)C(C)C. The molecule has 98 valence electrons. The summed E-state index contributed by atoms with van der Waals surface area (Å²) >= 11 is 0. The van der Waals surface area contributed by atoms with Gasteiger partial charge in [0.2, 0.25) is 0 Å². The van der Waals surface area contributed by atoms with E-state index in [1.165, 1.54) is 16.5 Å². The smallest absolute Gasteiger partial charge is 0.0483 e. The van der Waals surface area contributed by atoms with Crippen LogP contribution in [0.5, 0.6) is 0 Å². The quantitative estimate of drug-likeness (QED) is 0.850. The fourth-order valence-corrected chi connectivity index (χ4v) is 2.22. The molecule has 0 bridgehead atoms. The van der Waals surface area contributed by atoms with Crippen LogP contribution in [0.15, 0.2) is 30.5 Å². The van der Waals surface area contributed by atoms with E-state index in [2.05, 4.69) is 68.0 Å². The first kappa shape index (κ1) is 13.2. The summed E-state index contributed by atoms with van der Waals surface area (Å²) in [7, 11) is 0. The molecule has 2 rings (SSSR count). The summed E-state index contributed by atoms with van der Waals surface area (Å²) in [6.45, 7) is 11.0. The molecule has 0 fully saturated rings. The van der Waals surface area contributed by atoms with Crippen LogP contribution in [0.2, 0.25) is 0 Å². The molecule has 0 radical (unpaired) electrons. The molecule has 1 aromatic heterocycles. The van der Waals surface area contributed by atoms with Crippen molar-refractivity contribution in [2.45, 2.75) is 40.3 Å².